The lowest BCUT2D eigenvalue weighted by atomic mass is 10.2. The number of hydrogen-bond donors (Lipinski definition) is 1. The van der Waals surface area contributed by atoms with Crippen LogP contribution in [-0.4, -0.2) is 17.7 Å². The normalized spacial score (nSPS) is 9.75. The van der Waals surface area contributed by atoms with Crippen molar-refractivity contribution in [3.8, 4) is 17.6 Å². The summed E-state index contributed by atoms with van der Waals surface area (Å²) < 4.78 is 10.6. The molecular weight excluding hydrogens is 278 g/mol. The van der Waals surface area contributed by atoms with Crippen LogP contribution in [0.4, 0.5) is 0 Å². The third kappa shape index (κ3) is 3.73. The summed E-state index contributed by atoms with van der Waals surface area (Å²) in [4.78, 5) is 10.5. The van der Waals surface area contributed by atoms with Crippen LogP contribution in [0.1, 0.15) is 11.1 Å². The van der Waals surface area contributed by atoms with Crippen LogP contribution in [0, 0.1) is 11.3 Å². The number of benzene rings is 1. The summed E-state index contributed by atoms with van der Waals surface area (Å²) in [6.07, 6.45) is 0. The molecule has 0 aliphatic heterocycles. The molecule has 1 aromatic heterocycles. The summed E-state index contributed by atoms with van der Waals surface area (Å²) in [7, 11) is 0. The SMILES string of the molecule is N#Cc1ccc(OCc2ccsc2)cc1OCC(=O)O. The highest BCUT2D eigenvalue weighted by atomic mass is 32.1. The van der Waals surface area contributed by atoms with Gasteiger partial charge in [0.2, 0.25) is 0 Å². The van der Waals surface area contributed by atoms with Gasteiger partial charge in [-0.25, -0.2) is 4.79 Å². The lowest BCUT2D eigenvalue weighted by molar-refractivity contribution is -0.139. The molecule has 2 aromatic rings. The summed E-state index contributed by atoms with van der Waals surface area (Å²) in [6.45, 7) is -0.0869. The molecule has 0 aliphatic rings. The van der Waals surface area contributed by atoms with Crippen molar-refractivity contribution in [2.24, 2.45) is 0 Å². The van der Waals surface area contributed by atoms with Gasteiger partial charge in [0.1, 0.15) is 24.2 Å². The summed E-state index contributed by atoms with van der Waals surface area (Å²) in [5.41, 5.74) is 1.32. The highest BCUT2D eigenvalue weighted by Crippen LogP contribution is 2.25. The van der Waals surface area contributed by atoms with Gasteiger partial charge in [0.25, 0.3) is 0 Å². The quantitative estimate of drug-likeness (QED) is 0.884. The van der Waals surface area contributed by atoms with Gasteiger partial charge in [-0.1, -0.05) is 0 Å². The molecule has 0 amide bonds. The summed E-state index contributed by atoms with van der Waals surface area (Å²) in [6, 6.07) is 8.61. The second kappa shape index (κ2) is 6.59. The monoisotopic (exact) mass is 289 g/mol. The van der Waals surface area contributed by atoms with Crippen LogP contribution in [0.25, 0.3) is 0 Å². The average molecular weight is 289 g/mol. The number of aliphatic carboxylic acids is 1. The topological polar surface area (TPSA) is 79.5 Å². The molecule has 6 heteroatoms. The van der Waals surface area contributed by atoms with Crippen LogP contribution in [0.3, 0.4) is 0 Å². The zero-order chi connectivity index (χ0) is 14.4. The molecule has 0 spiro atoms. The maximum absolute atomic E-state index is 10.5. The minimum Gasteiger partial charge on any atom is -0.489 e. The van der Waals surface area contributed by atoms with Gasteiger partial charge >= 0.3 is 5.97 Å². The lowest BCUT2D eigenvalue weighted by Crippen LogP contribution is -2.10. The zero-order valence-electron chi connectivity index (χ0n) is 10.4. The van der Waals surface area contributed by atoms with E-state index in [1.165, 1.54) is 6.07 Å². The average Bonchev–Trinajstić information content (AvgIpc) is 2.96. The highest BCUT2D eigenvalue weighted by Gasteiger charge is 2.08. The van der Waals surface area contributed by atoms with Crippen LogP contribution >= 0.6 is 11.3 Å². The van der Waals surface area contributed by atoms with Gasteiger partial charge in [-0.2, -0.15) is 16.6 Å². The third-order valence-electron chi connectivity index (χ3n) is 2.41. The van der Waals surface area contributed by atoms with Crippen molar-refractivity contribution in [3.05, 3.63) is 46.2 Å². The predicted octanol–water partition coefficient (Wildman–Crippen LogP) is 2.66. The molecule has 2 rings (SSSR count). The molecule has 102 valence electrons. The van der Waals surface area contributed by atoms with Gasteiger partial charge in [0, 0.05) is 6.07 Å². The van der Waals surface area contributed by atoms with E-state index in [1.807, 2.05) is 22.9 Å². The number of carboxylic acids is 1. The molecule has 0 saturated heterocycles. The fourth-order valence-electron chi connectivity index (χ4n) is 1.49. The minimum absolute atomic E-state index is 0.206. The number of rotatable bonds is 6. The molecule has 0 aliphatic carbocycles. The molecule has 1 N–H and O–H groups in total. The van der Waals surface area contributed by atoms with Crippen molar-refractivity contribution >= 4 is 17.3 Å². The zero-order valence-corrected chi connectivity index (χ0v) is 11.2. The number of nitriles is 1. The molecule has 1 heterocycles. The van der Waals surface area contributed by atoms with Gasteiger partial charge < -0.3 is 14.6 Å². The molecule has 20 heavy (non-hydrogen) atoms. The summed E-state index contributed by atoms with van der Waals surface area (Å²) >= 11 is 1.58. The Balaban J connectivity index is 2.08. The van der Waals surface area contributed by atoms with Crippen molar-refractivity contribution in [1.82, 2.24) is 0 Å². The molecular formula is C14H11NO4S. The smallest absolute Gasteiger partial charge is 0.341 e. The Labute approximate surface area is 119 Å². The van der Waals surface area contributed by atoms with E-state index < -0.39 is 12.6 Å². The van der Waals surface area contributed by atoms with Gasteiger partial charge in [-0.3, -0.25) is 0 Å². The first-order valence-corrected chi connectivity index (χ1v) is 6.66. The van der Waals surface area contributed by atoms with Gasteiger partial charge in [-0.05, 0) is 34.5 Å². The maximum Gasteiger partial charge on any atom is 0.341 e. The van der Waals surface area contributed by atoms with Gasteiger partial charge in [0.15, 0.2) is 6.61 Å². The molecule has 0 radical (unpaired) electrons. The van der Waals surface area contributed by atoms with E-state index >= 15 is 0 Å². The summed E-state index contributed by atoms with van der Waals surface area (Å²) in [5, 5.41) is 21.5. The third-order valence-corrected chi connectivity index (χ3v) is 3.14. The minimum atomic E-state index is -1.10. The maximum atomic E-state index is 10.5. The second-order valence-corrected chi connectivity index (χ2v) is 4.65. The predicted molar refractivity (Wildman–Crippen MR) is 72.9 cm³/mol. The number of carboxylic acid groups (broad SMARTS) is 1. The largest absolute Gasteiger partial charge is 0.489 e. The van der Waals surface area contributed by atoms with E-state index in [4.69, 9.17) is 19.8 Å². The van der Waals surface area contributed by atoms with Crippen molar-refractivity contribution in [2.75, 3.05) is 6.61 Å². The van der Waals surface area contributed by atoms with Crippen LogP contribution in [0.15, 0.2) is 35.0 Å². The number of carbonyl (C=O) groups is 1. The number of nitrogens with zero attached hydrogens (tertiary/aromatic N) is 1. The van der Waals surface area contributed by atoms with E-state index in [0.29, 0.717) is 12.4 Å². The lowest BCUT2D eigenvalue weighted by Gasteiger charge is -2.09. The standard InChI is InChI=1S/C14H11NO4S/c15-6-11-1-2-12(5-13(11)19-8-14(16)17)18-7-10-3-4-20-9-10/h1-5,9H,7-8H2,(H,16,17). The highest BCUT2D eigenvalue weighted by molar-refractivity contribution is 7.07. The first kappa shape index (κ1) is 13.9. The fraction of sp³-hybridized carbons (Fsp3) is 0.143. The molecule has 0 atom stereocenters. The van der Waals surface area contributed by atoms with Gasteiger partial charge in [0.05, 0.1) is 5.56 Å². The van der Waals surface area contributed by atoms with Crippen molar-refractivity contribution in [1.29, 1.82) is 5.26 Å². The second-order valence-electron chi connectivity index (χ2n) is 3.87. The number of hydrogen-bond acceptors (Lipinski definition) is 5. The van der Waals surface area contributed by atoms with Crippen molar-refractivity contribution < 1.29 is 19.4 Å². The Morgan fingerprint density at radius 2 is 2.20 bits per heavy atom. The van der Waals surface area contributed by atoms with E-state index in [1.54, 1.807) is 23.5 Å². The first-order valence-electron chi connectivity index (χ1n) is 5.71. The fourth-order valence-corrected chi connectivity index (χ4v) is 2.14. The van der Waals surface area contributed by atoms with Crippen LogP contribution in [-0.2, 0) is 11.4 Å². The number of thiophene rings is 1. The Morgan fingerprint density at radius 3 is 2.85 bits per heavy atom. The van der Waals surface area contributed by atoms with Crippen LogP contribution < -0.4 is 9.47 Å². The Morgan fingerprint density at radius 1 is 1.35 bits per heavy atom. The van der Waals surface area contributed by atoms with Crippen molar-refractivity contribution in [3.63, 3.8) is 0 Å². The molecule has 1 aromatic carbocycles. The van der Waals surface area contributed by atoms with Crippen LogP contribution in [0.2, 0.25) is 0 Å². The Kier molecular flexibility index (Phi) is 4.58. The molecule has 0 bridgehead atoms. The molecule has 0 fully saturated rings. The molecule has 5 nitrogen and oxygen atoms in total. The van der Waals surface area contributed by atoms with Crippen molar-refractivity contribution in [2.45, 2.75) is 6.61 Å². The Hall–Kier alpha value is -2.52. The number of ether oxygens (including phenoxy) is 2. The summed E-state index contributed by atoms with van der Waals surface area (Å²) in [5.74, 6) is -0.369. The van der Waals surface area contributed by atoms with E-state index in [0.717, 1.165) is 5.56 Å². The van der Waals surface area contributed by atoms with Gasteiger partial charge in [-0.15, -0.1) is 0 Å². The van der Waals surface area contributed by atoms with E-state index in [-0.39, 0.29) is 11.3 Å². The van der Waals surface area contributed by atoms with E-state index in [9.17, 15) is 4.79 Å². The first-order chi connectivity index (χ1) is 9.69. The Bertz CT molecular complexity index is 631. The van der Waals surface area contributed by atoms with Crippen LogP contribution in [0.5, 0.6) is 11.5 Å². The molecule has 0 saturated carbocycles. The molecule has 0 unspecified atom stereocenters. The van der Waals surface area contributed by atoms with E-state index in [2.05, 4.69) is 0 Å².